The van der Waals surface area contributed by atoms with Crippen LogP contribution in [0.15, 0.2) is 0 Å². The highest BCUT2D eigenvalue weighted by atomic mass is 16.8. The summed E-state index contributed by atoms with van der Waals surface area (Å²) in [6.45, 7) is 4.34. The number of aliphatic hydroxyl groups is 8. The molecule has 0 amide bonds. The summed E-state index contributed by atoms with van der Waals surface area (Å²) in [5.74, 6) is 0. The Balaban J connectivity index is 1.78. The Morgan fingerprint density at radius 3 is 1.29 bits per heavy atom. The Morgan fingerprint density at radius 1 is 0.452 bits per heavy atom. The molecule has 0 saturated carbocycles. The first kappa shape index (κ1) is 25.1. The number of hydrogen-bond donors (Lipinski definition) is 8. The van der Waals surface area contributed by atoms with Crippen LogP contribution in [-0.2, 0) is 23.7 Å². The molecule has 0 aliphatic carbocycles. The van der Waals surface area contributed by atoms with E-state index in [-0.39, 0.29) is 0 Å². The lowest BCUT2D eigenvalue weighted by atomic mass is 9.97. The van der Waals surface area contributed by atoms with Crippen LogP contribution in [0.2, 0.25) is 0 Å². The monoisotopic (exact) mass is 456 g/mol. The van der Waals surface area contributed by atoms with Gasteiger partial charge in [0.2, 0.25) is 0 Å². The molecule has 0 aromatic carbocycles. The van der Waals surface area contributed by atoms with E-state index in [0.29, 0.717) is 0 Å². The smallest absolute Gasteiger partial charge is 0.187 e. The Labute approximate surface area is 178 Å². The zero-order valence-electron chi connectivity index (χ0n) is 17.3. The van der Waals surface area contributed by atoms with Crippen LogP contribution in [0.5, 0.6) is 0 Å². The van der Waals surface area contributed by atoms with E-state index in [9.17, 15) is 40.9 Å². The molecule has 15 atom stereocenters. The molecule has 31 heavy (non-hydrogen) atoms. The van der Waals surface area contributed by atoms with Crippen LogP contribution in [0.4, 0.5) is 0 Å². The van der Waals surface area contributed by atoms with Crippen molar-refractivity contribution in [2.24, 2.45) is 0 Å². The SMILES string of the molecule is C[C@@H]1O[C@H](O[C@H]2[C@H](O)[C@@H](C)O[C@H](O)[C@H]2O[C@H]2O[C@@H](C)[C@@H](O)[C@@H](O)[C@@H]2O)[C@@H](O)[C@H](O)[C@@H]1O. The molecular weight excluding hydrogens is 424 g/mol. The molecule has 0 radical (unpaired) electrons. The number of rotatable bonds is 4. The molecule has 3 aliphatic rings. The van der Waals surface area contributed by atoms with Crippen LogP contribution >= 0.6 is 0 Å². The molecule has 0 bridgehead atoms. The average molecular weight is 456 g/mol. The molecule has 8 N–H and O–H groups in total. The maximum atomic E-state index is 10.6. The van der Waals surface area contributed by atoms with Gasteiger partial charge in [0.25, 0.3) is 0 Å². The van der Waals surface area contributed by atoms with Gasteiger partial charge in [0.15, 0.2) is 18.9 Å². The van der Waals surface area contributed by atoms with Crippen molar-refractivity contribution in [2.75, 3.05) is 0 Å². The summed E-state index contributed by atoms with van der Waals surface area (Å²) in [6, 6.07) is 0. The third-order valence-corrected chi connectivity index (χ3v) is 5.98. The summed E-state index contributed by atoms with van der Waals surface area (Å²) >= 11 is 0. The number of hydrogen-bond acceptors (Lipinski definition) is 13. The van der Waals surface area contributed by atoms with Gasteiger partial charge in [-0.2, -0.15) is 0 Å². The van der Waals surface area contributed by atoms with Crippen LogP contribution in [0.25, 0.3) is 0 Å². The Bertz CT molecular complexity index is 595. The van der Waals surface area contributed by atoms with Crippen LogP contribution in [0.1, 0.15) is 20.8 Å². The Kier molecular flexibility index (Phi) is 7.91. The third kappa shape index (κ3) is 4.89. The van der Waals surface area contributed by atoms with Crippen LogP contribution in [0.3, 0.4) is 0 Å². The molecule has 182 valence electrons. The first-order valence-corrected chi connectivity index (χ1v) is 10.2. The highest BCUT2D eigenvalue weighted by Gasteiger charge is 2.52. The predicted octanol–water partition coefficient (Wildman–Crippen LogP) is -4.49. The van der Waals surface area contributed by atoms with Crippen molar-refractivity contribution >= 4 is 0 Å². The predicted molar refractivity (Wildman–Crippen MR) is 97.0 cm³/mol. The maximum absolute atomic E-state index is 10.6. The largest absolute Gasteiger partial charge is 0.388 e. The van der Waals surface area contributed by atoms with Gasteiger partial charge in [-0.15, -0.1) is 0 Å². The van der Waals surface area contributed by atoms with Gasteiger partial charge in [0.1, 0.15) is 54.9 Å². The molecule has 13 heteroatoms. The molecular formula is C18H32O13. The van der Waals surface area contributed by atoms with Gasteiger partial charge >= 0.3 is 0 Å². The van der Waals surface area contributed by atoms with Gasteiger partial charge in [-0.3, -0.25) is 0 Å². The molecule has 3 fully saturated rings. The summed E-state index contributed by atoms with van der Waals surface area (Å²) in [5.41, 5.74) is 0. The quantitative estimate of drug-likeness (QED) is 0.201. The molecule has 0 unspecified atom stereocenters. The van der Waals surface area contributed by atoms with E-state index in [2.05, 4.69) is 0 Å². The molecule has 13 nitrogen and oxygen atoms in total. The average Bonchev–Trinajstić information content (AvgIpc) is 2.72. The lowest BCUT2D eigenvalue weighted by molar-refractivity contribution is -0.382. The minimum atomic E-state index is -1.69. The van der Waals surface area contributed by atoms with Crippen molar-refractivity contribution in [3.05, 3.63) is 0 Å². The van der Waals surface area contributed by atoms with E-state index in [0.717, 1.165) is 0 Å². The normalized spacial score (nSPS) is 56.4. The van der Waals surface area contributed by atoms with Crippen molar-refractivity contribution in [2.45, 2.75) is 113 Å². The van der Waals surface area contributed by atoms with Crippen LogP contribution in [0, 0.1) is 0 Å². The summed E-state index contributed by atoms with van der Waals surface area (Å²) in [7, 11) is 0. The number of aliphatic hydroxyl groups excluding tert-OH is 8. The summed E-state index contributed by atoms with van der Waals surface area (Å²) in [5, 5.41) is 81.0. The van der Waals surface area contributed by atoms with Gasteiger partial charge in [0, 0.05) is 0 Å². The van der Waals surface area contributed by atoms with Crippen molar-refractivity contribution in [3.63, 3.8) is 0 Å². The van der Waals surface area contributed by atoms with E-state index in [1.54, 1.807) is 0 Å². The Morgan fingerprint density at radius 2 is 0.839 bits per heavy atom. The second kappa shape index (κ2) is 9.77. The van der Waals surface area contributed by atoms with Crippen molar-refractivity contribution in [1.82, 2.24) is 0 Å². The van der Waals surface area contributed by atoms with E-state index < -0.39 is 92.1 Å². The minimum Gasteiger partial charge on any atom is -0.388 e. The molecule has 0 aromatic heterocycles. The minimum absolute atomic E-state index is 0.914. The van der Waals surface area contributed by atoms with Crippen LogP contribution < -0.4 is 0 Å². The lowest BCUT2D eigenvalue weighted by Gasteiger charge is -2.47. The van der Waals surface area contributed by atoms with Gasteiger partial charge in [-0.1, -0.05) is 0 Å². The standard InChI is InChI=1S/C18H32O13/c1-4-7(19)10(22)12(24)17(28-4)30-14-9(21)6(3)27-16(26)15(14)31-18-13(25)11(23)8(20)5(2)29-18/h4-26H,1-3H3/t4-,5-,6+,7+,8+,9+,10+,11+,12-,13-,14-,15-,16-,17+,18+/m0/s1. The van der Waals surface area contributed by atoms with E-state index >= 15 is 0 Å². The molecule has 3 saturated heterocycles. The summed E-state index contributed by atoms with van der Waals surface area (Å²) < 4.78 is 27.2. The lowest BCUT2D eigenvalue weighted by Crippen LogP contribution is -2.65. The third-order valence-electron chi connectivity index (χ3n) is 5.98. The van der Waals surface area contributed by atoms with Gasteiger partial charge in [-0.05, 0) is 20.8 Å². The Hall–Kier alpha value is -0.520. The van der Waals surface area contributed by atoms with Crippen molar-refractivity contribution in [3.8, 4) is 0 Å². The zero-order valence-corrected chi connectivity index (χ0v) is 17.3. The molecule has 3 aliphatic heterocycles. The van der Waals surface area contributed by atoms with Crippen LogP contribution in [-0.4, -0.2) is 133 Å². The summed E-state index contributed by atoms with van der Waals surface area (Å²) in [4.78, 5) is 0. The number of ether oxygens (including phenoxy) is 5. The highest BCUT2D eigenvalue weighted by molar-refractivity contribution is 4.94. The maximum Gasteiger partial charge on any atom is 0.187 e. The molecule has 3 heterocycles. The first-order chi connectivity index (χ1) is 14.4. The van der Waals surface area contributed by atoms with Gasteiger partial charge in [-0.25, -0.2) is 0 Å². The summed E-state index contributed by atoms with van der Waals surface area (Å²) in [6.07, 6.45) is -21.1. The van der Waals surface area contributed by atoms with Gasteiger partial charge in [0.05, 0.1) is 18.3 Å². The van der Waals surface area contributed by atoms with E-state index in [1.165, 1.54) is 20.8 Å². The van der Waals surface area contributed by atoms with Gasteiger partial charge < -0.3 is 64.5 Å². The van der Waals surface area contributed by atoms with Crippen molar-refractivity contribution in [1.29, 1.82) is 0 Å². The highest BCUT2D eigenvalue weighted by Crippen LogP contribution is 2.32. The topological polar surface area (TPSA) is 208 Å². The van der Waals surface area contributed by atoms with E-state index in [1.807, 2.05) is 0 Å². The molecule has 0 aromatic rings. The fraction of sp³-hybridized carbons (Fsp3) is 1.00. The molecule has 3 rings (SSSR count). The fourth-order valence-corrected chi connectivity index (χ4v) is 3.87. The second-order valence-corrected chi connectivity index (χ2v) is 8.29. The second-order valence-electron chi connectivity index (χ2n) is 8.29. The first-order valence-electron chi connectivity index (χ1n) is 10.2. The zero-order chi connectivity index (χ0) is 23.2. The fourth-order valence-electron chi connectivity index (χ4n) is 3.87. The molecule has 0 spiro atoms. The van der Waals surface area contributed by atoms with E-state index in [4.69, 9.17) is 23.7 Å². The van der Waals surface area contributed by atoms with Crippen molar-refractivity contribution < 1.29 is 64.5 Å².